The minimum Gasteiger partial charge on any atom is -0.326 e. The Morgan fingerprint density at radius 3 is 2.73 bits per heavy atom. The zero-order valence-electron chi connectivity index (χ0n) is 8.44. The van der Waals surface area contributed by atoms with Crippen LogP contribution in [0.4, 0.5) is 0 Å². The van der Waals surface area contributed by atoms with Gasteiger partial charge in [0.25, 0.3) is 0 Å². The normalized spacial score (nSPS) is 10.6. The number of aryl methyl sites for hydroxylation is 1. The van der Waals surface area contributed by atoms with E-state index in [0.29, 0.717) is 11.6 Å². The molecule has 0 aliphatic heterocycles. The number of rotatable bonds is 2. The zero-order chi connectivity index (χ0) is 10.8. The van der Waals surface area contributed by atoms with E-state index in [1.165, 1.54) is 0 Å². The van der Waals surface area contributed by atoms with Crippen molar-refractivity contribution in [3.05, 3.63) is 41.0 Å². The first-order valence-electron chi connectivity index (χ1n) is 4.69. The Morgan fingerprint density at radius 2 is 2.20 bits per heavy atom. The van der Waals surface area contributed by atoms with Crippen molar-refractivity contribution >= 4 is 11.6 Å². The molecule has 4 heteroatoms. The molecular weight excluding hydrogens is 210 g/mol. The molecule has 0 saturated heterocycles. The number of benzene rings is 1. The lowest BCUT2D eigenvalue weighted by Crippen LogP contribution is -1.97. The van der Waals surface area contributed by atoms with Gasteiger partial charge in [0, 0.05) is 25.4 Å². The highest BCUT2D eigenvalue weighted by molar-refractivity contribution is 6.33. The summed E-state index contributed by atoms with van der Waals surface area (Å²) in [4.78, 5) is 0. The van der Waals surface area contributed by atoms with Gasteiger partial charge in [-0.05, 0) is 17.7 Å². The number of hydrogen-bond acceptors (Lipinski definition) is 2. The van der Waals surface area contributed by atoms with E-state index >= 15 is 0 Å². The SMILES string of the molecule is Cn1nccc1-c1ccc(CN)cc1Cl. The van der Waals surface area contributed by atoms with Gasteiger partial charge in [-0.2, -0.15) is 5.10 Å². The Hall–Kier alpha value is -1.32. The highest BCUT2D eigenvalue weighted by atomic mass is 35.5. The van der Waals surface area contributed by atoms with E-state index < -0.39 is 0 Å². The van der Waals surface area contributed by atoms with Gasteiger partial charge < -0.3 is 5.73 Å². The third-order valence-electron chi connectivity index (χ3n) is 2.37. The van der Waals surface area contributed by atoms with Gasteiger partial charge in [-0.25, -0.2) is 0 Å². The molecule has 0 amide bonds. The maximum atomic E-state index is 6.17. The zero-order valence-corrected chi connectivity index (χ0v) is 9.20. The topological polar surface area (TPSA) is 43.8 Å². The van der Waals surface area contributed by atoms with Gasteiger partial charge in [0.2, 0.25) is 0 Å². The van der Waals surface area contributed by atoms with Crippen LogP contribution in [-0.2, 0) is 13.6 Å². The first kappa shape index (κ1) is 10.2. The lowest BCUT2D eigenvalue weighted by atomic mass is 10.1. The fourth-order valence-electron chi connectivity index (χ4n) is 1.53. The molecule has 0 bridgehead atoms. The van der Waals surface area contributed by atoms with Crippen LogP contribution in [0.2, 0.25) is 5.02 Å². The predicted octanol–water partition coefficient (Wildman–Crippen LogP) is 2.20. The molecule has 0 atom stereocenters. The van der Waals surface area contributed by atoms with E-state index in [-0.39, 0.29) is 0 Å². The molecule has 1 aromatic heterocycles. The summed E-state index contributed by atoms with van der Waals surface area (Å²) in [6.07, 6.45) is 1.75. The lowest BCUT2D eigenvalue weighted by Gasteiger charge is -2.06. The van der Waals surface area contributed by atoms with Crippen LogP contribution < -0.4 is 5.73 Å². The maximum absolute atomic E-state index is 6.17. The third-order valence-corrected chi connectivity index (χ3v) is 2.68. The molecule has 15 heavy (non-hydrogen) atoms. The van der Waals surface area contributed by atoms with E-state index in [4.69, 9.17) is 17.3 Å². The second-order valence-electron chi connectivity index (χ2n) is 3.36. The number of nitrogens with two attached hydrogens (primary N) is 1. The molecule has 2 N–H and O–H groups in total. The quantitative estimate of drug-likeness (QED) is 0.845. The van der Waals surface area contributed by atoms with Crippen molar-refractivity contribution in [2.45, 2.75) is 6.54 Å². The van der Waals surface area contributed by atoms with E-state index in [1.54, 1.807) is 10.9 Å². The largest absolute Gasteiger partial charge is 0.326 e. The van der Waals surface area contributed by atoms with Crippen LogP contribution in [0.25, 0.3) is 11.3 Å². The summed E-state index contributed by atoms with van der Waals surface area (Å²) >= 11 is 6.17. The number of aromatic nitrogens is 2. The van der Waals surface area contributed by atoms with Crippen LogP contribution in [0.5, 0.6) is 0 Å². The summed E-state index contributed by atoms with van der Waals surface area (Å²) < 4.78 is 1.79. The smallest absolute Gasteiger partial charge is 0.0693 e. The van der Waals surface area contributed by atoms with Crippen molar-refractivity contribution in [1.29, 1.82) is 0 Å². The van der Waals surface area contributed by atoms with Crippen molar-refractivity contribution in [1.82, 2.24) is 9.78 Å². The molecule has 0 radical (unpaired) electrons. The summed E-state index contributed by atoms with van der Waals surface area (Å²) in [5, 5.41) is 4.82. The molecule has 2 rings (SSSR count). The molecular formula is C11H12ClN3. The summed E-state index contributed by atoms with van der Waals surface area (Å²) in [5.41, 5.74) is 8.56. The van der Waals surface area contributed by atoms with E-state index in [1.807, 2.05) is 31.3 Å². The fourth-order valence-corrected chi connectivity index (χ4v) is 1.83. The highest BCUT2D eigenvalue weighted by Gasteiger charge is 2.07. The molecule has 1 heterocycles. The second kappa shape index (κ2) is 4.04. The van der Waals surface area contributed by atoms with Crippen molar-refractivity contribution < 1.29 is 0 Å². The number of hydrogen-bond donors (Lipinski definition) is 1. The highest BCUT2D eigenvalue weighted by Crippen LogP contribution is 2.27. The van der Waals surface area contributed by atoms with Gasteiger partial charge in [-0.3, -0.25) is 4.68 Å². The molecule has 3 nitrogen and oxygen atoms in total. The molecule has 0 aliphatic carbocycles. The molecule has 0 fully saturated rings. The number of halogens is 1. The van der Waals surface area contributed by atoms with Crippen molar-refractivity contribution in [2.75, 3.05) is 0 Å². The Labute approximate surface area is 93.5 Å². The van der Waals surface area contributed by atoms with E-state index in [9.17, 15) is 0 Å². The standard InChI is InChI=1S/C11H12ClN3/c1-15-11(4-5-14-15)9-3-2-8(7-13)6-10(9)12/h2-6H,7,13H2,1H3. The van der Waals surface area contributed by atoms with E-state index in [0.717, 1.165) is 16.8 Å². The Bertz CT molecular complexity index is 476. The van der Waals surface area contributed by atoms with Crippen LogP contribution in [0.3, 0.4) is 0 Å². The Kier molecular flexibility index (Phi) is 2.75. The molecule has 1 aromatic carbocycles. The summed E-state index contributed by atoms with van der Waals surface area (Å²) in [5.74, 6) is 0. The Balaban J connectivity index is 2.50. The molecule has 2 aromatic rings. The van der Waals surface area contributed by atoms with Gasteiger partial charge >= 0.3 is 0 Å². The minimum atomic E-state index is 0.505. The van der Waals surface area contributed by atoms with Crippen LogP contribution in [0.15, 0.2) is 30.5 Å². The summed E-state index contributed by atoms with van der Waals surface area (Å²) in [7, 11) is 1.89. The predicted molar refractivity (Wildman–Crippen MR) is 61.5 cm³/mol. The van der Waals surface area contributed by atoms with Crippen LogP contribution in [-0.4, -0.2) is 9.78 Å². The van der Waals surface area contributed by atoms with Gasteiger partial charge in [-0.15, -0.1) is 0 Å². The van der Waals surface area contributed by atoms with Crippen LogP contribution >= 0.6 is 11.6 Å². The number of nitrogens with zero attached hydrogens (tertiary/aromatic N) is 2. The maximum Gasteiger partial charge on any atom is 0.0693 e. The first-order chi connectivity index (χ1) is 7.22. The van der Waals surface area contributed by atoms with Crippen LogP contribution in [0, 0.1) is 0 Å². The van der Waals surface area contributed by atoms with Crippen molar-refractivity contribution in [3.8, 4) is 11.3 Å². The molecule has 0 spiro atoms. The molecule has 78 valence electrons. The average molecular weight is 222 g/mol. The van der Waals surface area contributed by atoms with Gasteiger partial charge in [0.15, 0.2) is 0 Å². The summed E-state index contributed by atoms with van der Waals surface area (Å²) in [6, 6.07) is 7.78. The monoisotopic (exact) mass is 221 g/mol. The lowest BCUT2D eigenvalue weighted by molar-refractivity contribution is 0.776. The van der Waals surface area contributed by atoms with Crippen LogP contribution in [0.1, 0.15) is 5.56 Å². The molecule has 0 unspecified atom stereocenters. The van der Waals surface area contributed by atoms with Crippen molar-refractivity contribution in [2.24, 2.45) is 12.8 Å². The Morgan fingerprint density at radius 1 is 1.40 bits per heavy atom. The second-order valence-corrected chi connectivity index (χ2v) is 3.77. The first-order valence-corrected chi connectivity index (χ1v) is 5.07. The van der Waals surface area contributed by atoms with Gasteiger partial charge in [0.05, 0.1) is 10.7 Å². The van der Waals surface area contributed by atoms with Gasteiger partial charge in [0.1, 0.15) is 0 Å². The summed E-state index contributed by atoms with van der Waals surface area (Å²) in [6.45, 7) is 0.505. The molecule has 0 aliphatic rings. The average Bonchev–Trinajstić information content (AvgIpc) is 2.64. The minimum absolute atomic E-state index is 0.505. The van der Waals surface area contributed by atoms with Gasteiger partial charge in [-0.1, -0.05) is 23.7 Å². The fraction of sp³-hybridized carbons (Fsp3) is 0.182. The molecule has 0 saturated carbocycles. The third kappa shape index (κ3) is 1.89. The van der Waals surface area contributed by atoms with Crippen molar-refractivity contribution in [3.63, 3.8) is 0 Å². The van der Waals surface area contributed by atoms with E-state index in [2.05, 4.69) is 5.10 Å².